The molecule has 322 valence electrons. The number of rotatable bonds is 5. The number of aromatic nitrogens is 1. The second kappa shape index (κ2) is 17.1. The SMILES string of the molecule is COc1cc2nc(-c3ccccc3)cc3c2cc1CCCC(C)(C)COC(=O)C[C@H]1CCCCCCC[C@@H]2C[C@@]2(C(=O)NS(=O)(=O)C2CC2)CC(=O)[C@@H]2C[C@H](CN2C1=O)O3. The average Bonchev–Trinajstić information content (AvgIpc) is 4.15. The minimum atomic E-state index is -3.83. The second-order valence-corrected chi connectivity index (χ2v) is 20.8. The summed E-state index contributed by atoms with van der Waals surface area (Å²) in [6.07, 6.45) is 8.58. The van der Waals surface area contributed by atoms with E-state index in [1.807, 2.05) is 42.5 Å². The number of fused-ring (bicyclic) bond motifs is 4. The van der Waals surface area contributed by atoms with Gasteiger partial charge in [0.2, 0.25) is 21.8 Å². The van der Waals surface area contributed by atoms with Crippen molar-refractivity contribution in [3.63, 3.8) is 0 Å². The fraction of sp³-hybridized carbons (Fsp3) is 0.596. The Kier molecular flexibility index (Phi) is 12.0. The fourth-order valence-corrected chi connectivity index (χ4v) is 11.2. The van der Waals surface area contributed by atoms with Gasteiger partial charge in [0.05, 0.1) is 54.6 Å². The molecule has 0 radical (unpaired) electrons. The summed E-state index contributed by atoms with van der Waals surface area (Å²) < 4.78 is 47.1. The van der Waals surface area contributed by atoms with E-state index in [0.29, 0.717) is 54.8 Å². The Bertz CT molecular complexity index is 2240. The summed E-state index contributed by atoms with van der Waals surface area (Å²) in [5.41, 5.74) is 1.78. The highest BCUT2D eigenvalue weighted by atomic mass is 32.2. The third kappa shape index (κ3) is 9.21. The van der Waals surface area contributed by atoms with Crippen LogP contribution in [0, 0.1) is 22.7 Å². The zero-order chi connectivity index (χ0) is 42.2. The lowest BCUT2D eigenvalue weighted by molar-refractivity contribution is -0.152. The topological polar surface area (TPSA) is 158 Å². The Morgan fingerprint density at radius 1 is 0.950 bits per heavy atom. The Labute approximate surface area is 353 Å². The predicted octanol–water partition coefficient (Wildman–Crippen LogP) is 7.49. The molecule has 4 heterocycles. The van der Waals surface area contributed by atoms with Crippen LogP contribution in [0.3, 0.4) is 0 Å². The number of sulfonamides is 1. The quantitative estimate of drug-likeness (QED) is 0.255. The number of hydrogen-bond acceptors (Lipinski definition) is 10. The van der Waals surface area contributed by atoms with Crippen LogP contribution in [0.2, 0.25) is 0 Å². The molecule has 2 saturated carbocycles. The smallest absolute Gasteiger partial charge is 0.306 e. The number of ketones is 1. The summed E-state index contributed by atoms with van der Waals surface area (Å²) in [6, 6.07) is 14.8. The normalized spacial score (nSPS) is 28.1. The summed E-state index contributed by atoms with van der Waals surface area (Å²) in [5, 5.41) is 0.207. The number of aryl methyl sites for hydroxylation is 1. The highest BCUT2D eigenvalue weighted by molar-refractivity contribution is 7.90. The molecular weight excluding hydrogens is 783 g/mol. The van der Waals surface area contributed by atoms with Crippen molar-refractivity contribution in [2.24, 2.45) is 22.7 Å². The van der Waals surface area contributed by atoms with Gasteiger partial charge in [-0.2, -0.15) is 0 Å². The first-order valence-corrected chi connectivity index (χ1v) is 23.6. The molecule has 4 fully saturated rings. The first-order valence-electron chi connectivity index (χ1n) is 22.0. The van der Waals surface area contributed by atoms with Gasteiger partial charge in [0.25, 0.3) is 0 Å². The number of ether oxygens (including phenoxy) is 3. The zero-order valence-electron chi connectivity index (χ0n) is 35.2. The molecule has 5 atom stereocenters. The first-order chi connectivity index (χ1) is 28.7. The van der Waals surface area contributed by atoms with Crippen LogP contribution in [0.4, 0.5) is 0 Å². The van der Waals surface area contributed by atoms with Crippen molar-refractivity contribution >= 4 is 44.5 Å². The molecule has 60 heavy (non-hydrogen) atoms. The van der Waals surface area contributed by atoms with E-state index in [4.69, 9.17) is 19.2 Å². The summed E-state index contributed by atoms with van der Waals surface area (Å²) in [6.45, 7) is 4.46. The van der Waals surface area contributed by atoms with Crippen molar-refractivity contribution in [1.82, 2.24) is 14.6 Å². The summed E-state index contributed by atoms with van der Waals surface area (Å²) in [7, 11) is -2.18. The van der Waals surface area contributed by atoms with Crippen LogP contribution in [0.15, 0.2) is 48.5 Å². The second-order valence-electron chi connectivity index (χ2n) is 18.8. The number of Topliss-reactive ketones (excluding diaryl/α,β-unsaturated/α-hetero) is 1. The minimum absolute atomic E-state index is 0.0972. The number of nitrogens with one attached hydrogen (secondary N) is 1. The van der Waals surface area contributed by atoms with Gasteiger partial charge in [-0.05, 0) is 74.3 Å². The summed E-state index contributed by atoms with van der Waals surface area (Å²) >= 11 is 0. The predicted molar refractivity (Wildman–Crippen MR) is 227 cm³/mol. The van der Waals surface area contributed by atoms with E-state index >= 15 is 0 Å². The van der Waals surface area contributed by atoms with E-state index in [9.17, 15) is 27.6 Å². The summed E-state index contributed by atoms with van der Waals surface area (Å²) in [5.74, 6) is -1.19. The van der Waals surface area contributed by atoms with Crippen molar-refractivity contribution in [2.75, 3.05) is 20.3 Å². The molecule has 8 rings (SSSR count). The molecule has 5 aliphatic rings. The maximum atomic E-state index is 14.9. The van der Waals surface area contributed by atoms with E-state index in [0.717, 1.165) is 67.9 Å². The molecular formula is C47H59N3O9S. The van der Waals surface area contributed by atoms with Gasteiger partial charge in [0.15, 0.2) is 5.78 Å². The number of methoxy groups -OCH3 is 1. The number of hydrogen-bond donors (Lipinski definition) is 1. The van der Waals surface area contributed by atoms with E-state index in [2.05, 4.69) is 24.6 Å². The first kappa shape index (κ1) is 42.2. The van der Waals surface area contributed by atoms with Gasteiger partial charge in [-0.25, -0.2) is 13.4 Å². The Morgan fingerprint density at radius 3 is 2.45 bits per heavy atom. The molecule has 0 unspecified atom stereocenters. The maximum Gasteiger partial charge on any atom is 0.306 e. The number of pyridine rings is 1. The molecule has 2 amide bonds. The van der Waals surface area contributed by atoms with Gasteiger partial charge in [-0.3, -0.25) is 23.9 Å². The number of cyclic esters (lactones) is 1. The highest BCUT2D eigenvalue weighted by Crippen LogP contribution is 2.59. The molecule has 3 aliphatic heterocycles. The summed E-state index contributed by atoms with van der Waals surface area (Å²) in [4.78, 5) is 63.9. The van der Waals surface area contributed by atoms with Crippen molar-refractivity contribution in [3.8, 4) is 22.8 Å². The van der Waals surface area contributed by atoms with Crippen LogP contribution >= 0.6 is 0 Å². The van der Waals surface area contributed by atoms with Gasteiger partial charge < -0.3 is 19.1 Å². The lowest BCUT2D eigenvalue weighted by Gasteiger charge is -2.29. The average molecular weight is 842 g/mol. The van der Waals surface area contributed by atoms with E-state index in [1.54, 1.807) is 12.0 Å². The van der Waals surface area contributed by atoms with E-state index < -0.39 is 50.6 Å². The monoisotopic (exact) mass is 841 g/mol. The number of carbonyl (C=O) groups is 4. The van der Waals surface area contributed by atoms with Gasteiger partial charge in [-0.15, -0.1) is 0 Å². The number of carbonyl (C=O) groups excluding carboxylic acids is 4. The van der Waals surface area contributed by atoms with Gasteiger partial charge in [-0.1, -0.05) is 76.3 Å². The van der Waals surface area contributed by atoms with Crippen LogP contribution in [0.5, 0.6) is 11.5 Å². The molecule has 2 aromatic carbocycles. The standard InChI is InChI=1S/C47H59N3O9S/c1-46(2)20-12-16-31-21-36-38(25-41(31)57-3)48-37(30-13-9-7-10-14-30)24-42(36)59-34-23-39-40(51)27-47(45(54)49-60(55,56)35-18-19-35)26-33(47)17-11-6-4-5-8-15-32(22-43(52)58-29-46)44(53)50(39)28-34/h7,9-10,13-14,21,24-25,32-35,39H,4-6,8,11-12,15-20,22-23,26-29H2,1-3H3,(H,49,54)/t32-,33-,34-,39+,47-/m1/s1. The van der Waals surface area contributed by atoms with Crippen LogP contribution in [0.1, 0.15) is 116 Å². The van der Waals surface area contributed by atoms with E-state index in [-0.39, 0.29) is 55.4 Å². The van der Waals surface area contributed by atoms with Crippen molar-refractivity contribution in [2.45, 2.75) is 134 Å². The van der Waals surface area contributed by atoms with E-state index in [1.165, 1.54) is 0 Å². The molecule has 2 saturated heterocycles. The fourth-order valence-electron chi connectivity index (χ4n) is 9.80. The largest absolute Gasteiger partial charge is 0.496 e. The zero-order valence-corrected chi connectivity index (χ0v) is 36.0. The number of esters is 1. The molecule has 2 aliphatic carbocycles. The molecule has 13 heteroatoms. The molecule has 1 aromatic heterocycles. The van der Waals surface area contributed by atoms with Crippen LogP contribution in [-0.2, 0) is 40.4 Å². The molecule has 5 bridgehead atoms. The lowest BCUT2D eigenvalue weighted by atomic mass is 9.87. The number of benzene rings is 2. The highest BCUT2D eigenvalue weighted by Gasteiger charge is 2.62. The van der Waals surface area contributed by atoms with Crippen molar-refractivity contribution in [1.29, 1.82) is 0 Å². The molecule has 0 spiro atoms. The van der Waals surface area contributed by atoms with Crippen LogP contribution in [-0.4, -0.2) is 79.5 Å². The Hall–Kier alpha value is -4.52. The lowest BCUT2D eigenvalue weighted by Crippen LogP contribution is -2.46. The third-order valence-electron chi connectivity index (χ3n) is 13.6. The minimum Gasteiger partial charge on any atom is -0.496 e. The number of nitrogens with zero attached hydrogens (tertiary/aromatic N) is 2. The van der Waals surface area contributed by atoms with Crippen molar-refractivity contribution in [3.05, 3.63) is 54.1 Å². The Morgan fingerprint density at radius 2 is 1.70 bits per heavy atom. The third-order valence-corrected chi connectivity index (χ3v) is 15.4. The van der Waals surface area contributed by atoms with Crippen molar-refractivity contribution < 1.29 is 41.8 Å². The van der Waals surface area contributed by atoms with Gasteiger partial charge >= 0.3 is 5.97 Å². The number of amides is 2. The van der Waals surface area contributed by atoms with Crippen LogP contribution < -0.4 is 14.2 Å². The van der Waals surface area contributed by atoms with Gasteiger partial charge in [0.1, 0.15) is 17.6 Å². The molecule has 1 N–H and O–H groups in total. The van der Waals surface area contributed by atoms with Crippen LogP contribution in [0.25, 0.3) is 22.2 Å². The Balaban J connectivity index is 1.19. The molecule has 3 aromatic rings. The maximum absolute atomic E-state index is 14.9. The van der Waals surface area contributed by atoms with Gasteiger partial charge in [0, 0.05) is 41.8 Å². The molecule has 12 nitrogen and oxygen atoms in total.